The summed E-state index contributed by atoms with van der Waals surface area (Å²) >= 11 is 0. The van der Waals surface area contributed by atoms with Crippen molar-refractivity contribution in [3.05, 3.63) is 48.0 Å². The third kappa shape index (κ3) is 4.89. The van der Waals surface area contributed by atoms with Crippen molar-refractivity contribution in [2.75, 3.05) is 38.7 Å². The van der Waals surface area contributed by atoms with Crippen LogP contribution in [0.2, 0.25) is 0 Å². The van der Waals surface area contributed by atoms with Crippen LogP contribution in [0, 0.1) is 0 Å². The number of benzene rings is 2. The Morgan fingerprint density at radius 1 is 1.09 bits per heavy atom. The quantitative estimate of drug-likeness (QED) is 0.668. The number of nitrogens with zero attached hydrogens (tertiary/aromatic N) is 1. The number of carbonyl (C=O) groups is 1. The maximum atomic E-state index is 12.9. The van der Waals surface area contributed by atoms with Gasteiger partial charge in [-0.15, -0.1) is 0 Å². The van der Waals surface area contributed by atoms with Gasteiger partial charge in [0.05, 0.1) is 12.0 Å². The van der Waals surface area contributed by atoms with Crippen LogP contribution in [-0.4, -0.2) is 52.0 Å². The van der Waals surface area contributed by atoms with Gasteiger partial charge in [0, 0.05) is 24.9 Å². The predicted molar refractivity (Wildman–Crippen MR) is 121 cm³/mol. The molecule has 2 aromatic rings. The molecule has 1 saturated heterocycles. The summed E-state index contributed by atoms with van der Waals surface area (Å²) in [4.78, 5) is 12.6. The maximum absolute atomic E-state index is 12.9. The van der Waals surface area contributed by atoms with Gasteiger partial charge in [0.1, 0.15) is 13.2 Å². The molecule has 0 unspecified atom stereocenters. The van der Waals surface area contributed by atoms with Crippen molar-refractivity contribution in [1.82, 2.24) is 4.31 Å². The first-order chi connectivity index (χ1) is 15.5. The highest BCUT2D eigenvalue weighted by atomic mass is 32.2. The van der Waals surface area contributed by atoms with E-state index < -0.39 is 10.0 Å². The van der Waals surface area contributed by atoms with Crippen molar-refractivity contribution < 1.29 is 27.4 Å². The molecule has 2 aliphatic heterocycles. The Hall–Kier alpha value is -3.04. The molecule has 0 radical (unpaired) electrons. The number of anilines is 1. The lowest BCUT2D eigenvalue weighted by atomic mass is 10.1. The summed E-state index contributed by atoms with van der Waals surface area (Å²) < 4.78 is 43.8. The lowest BCUT2D eigenvalue weighted by Gasteiger charge is -2.26. The SMILES string of the molecule is COc1cc(/C=C/C(=O)Nc2cccc(S(=O)(=O)N3CCCCC3)c2)cc2c1OCCO2. The Labute approximate surface area is 187 Å². The normalized spacial score (nSPS) is 16.7. The number of piperidine rings is 1. The van der Waals surface area contributed by atoms with Crippen LogP contribution in [0.25, 0.3) is 6.08 Å². The summed E-state index contributed by atoms with van der Waals surface area (Å²) in [6.07, 6.45) is 5.78. The number of methoxy groups -OCH3 is 1. The largest absolute Gasteiger partial charge is 0.493 e. The number of nitrogens with one attached hydrogen (secondary N) is 1. The number of hydrogen-bond donors (Lipinski definition) is 1. The minimum atomic E-state index is -3.57. The van der Waals surface area contributed by atoms with Crippen molar-refractivity contribution in [1.29, 1.82) is 0 Å². The van der Waals surface area contributed by atoms with E-state index in [4.69, 9.17) is 14.2 Å². The van der Waals surface area contributed by atoms with Crippen molar-refractivity contribution in [3.8, 4) is 17.2 Å². The summed E-state index contributed by atoms with van der Waals surface area (Å²) in [5.41, 5.74) is 1.13. The smallest absolute Gasteiger partial charge is 0.248 e. The van der Waals surface area contributed by atoms with E-state index in [1.54, 1.807) is 43.5 Å². The van der Waals surface area contributed by atoms with Gasteiger partial charge in [0.25, 0.3) is 0 Å². The van der Waals surface area contributed by atoms with Crippen LogP contribution in [0.1, 0.15) is 24.8 Å². The predicted octanol–water partition coefficient (Wildman–Crippen LogP) is 3.29. The molecule has 0 aromatic heterocycles. The summed E-state index contributed by atoms with van der Waals surface area (Å²) in [6, 6.07) is 9.85. The van der Waals surface area contributed by atoms with Crippen LogP contribution in [-0.2, 0) is 14.8 Å². The van der Waals surface area contributed by atoms with E-state index in [9.17, 15) is 13.2 Å². The van der Waals surface area contributed by atoms with Crippen LogP contribution in [0.3, 0.4) is 0 Å². The Kier molecular flexibility index (Phi) is 6.66. The molecule has 8 nitrogen and oxygen atoms in total. The average Bonchev–Trinajstić information content (AvgIpc) is 2.83. The van der Waals surface area contributed by atoms with Gasteiger partial charge in [0.2, 0.25) is 21.7 Å². The molecule has 2 aliphatic rings. The summed E-state index contributed by atoms with van der Waals surface area (Å²) in [5.74, 6) is 1.25. The number of sulfonamides is 1. The summed E-state index contributed by atoms with van der Waals surface area (Å²) in [5, 5.41) is 2.72. The van der Waals surface area contributed by atoms with Crippen molar-refractivity contribution in [2.24, 2.45) is 0 Å². The summed E-state index contributed by atoms with van der Waals surface area (Å²) in [7, 11) is -2.03. The molecular weight excluding hydrogens is 432 g/mol. The lowest BCUT2D eigenvalue weighted by Crippen LogP contribution is -2.35. The van der Waals surface area contributed by atoms with Gasteiger partial charge in [-0.05, 0) is 54.8 Å². The van der Waals surface area contributed by atoms with Crippen LogP contribution in [0.4, 0.5) is 5.69 Å². The number of amides is 1. The molecule has 0 spiro atoms. The zero-order valence-electron chi connectivity index (χ0n) is 17.9. The minimum Gasteiger partial charge on any atom is -0.493 e. The van der Waals surface area contributed by atoms with Gasteiger partial charge >= 0.3 is 0 Å². The Bertz CT molecular complexity index is 1110. The minimum absolute atomic E-state index is 0.178. The van der Waals surface area contributed by atoms with E-state index in [0.717, 1.165) is 19.3 Å². The maximum Gasteiger partial charge on any atom is 0.248 e. The van der Waals surface area contributed by atoms with Gasteiger partial charge < -0.3 is 19.5 Å². The summed E-state index contributed by atoms with van der Waals surface area (Å²) in [6.45, 7) is 1.95. The third-order valence-electron chi connectivity index (χ3n) is 5.33. The Morgan fingerprint density at radius 3 is 2.66 bits per heavy atom. The molecule has 4 rings (SSSR count). The molecular formula is C23H26N2O6S. The highest BCUT2D eigenvalue weighted by Gasteiger charge is 2.26. The molecule has 170 valence electrons. The Morgan fingerprint density at radius 2 is 1.88 bits per heavy atom. The van der Waals surface area contributed by atoms with E-state index in [-0.39, 0.29) is 10.8 Å². The lowest BCUT2D eigenvalue weighted by molar-refractivity contribution is -0.111. The fraction of sp³-hybridized carbons (Fsp3) is 0.348. The van der Waals surface area contributed by atoms with E-state index in [1.807, 2.05) is 0 Å². The number of ether oxygens (including phenoxy) is 3. The molecule has 1 fully saturated rings. The molecule has 1 N–H and O–H groups in total. The first-order valence-corrected chi connectivity index (χ1v) is 12.0. The highest BCUT2D eigenvalue weighted by Crippen LogP contribution is 2.40. The van der Waals surface area contributed by atoms with Crippen molar-refractivity contribution in [3.63, 3.8) is 0 Å². The zero-order valence-corrected chi connectivity index (χ0v) is 18.7. The second kappa shape index (κ2) is 9.62. The monoisotopic (exact) mass is 458 g/mol. The molecule has 0 atom stereocenters. The van der Waals surface area contributed by atoms with Gasteiger partial charge in [-0.3, -0.25) is 4.79 Å². The first kappa shape index (κ1) is 22.2. The molecule has 0 bridgehead atoms. The molecule has 1 amide bonds. The van der Waals surface area contributed by atoms with Gasteiger partial charge in [-0.2, -0.15) is 4.31 Å². The van der Waals surface area contributed by atoms with Gasteiger partial charge in [-0.1, -0.05) is 12.5 Å². The molecule has 0 aliphatic carbocycles. The van der Waals surface area contributed by atoms with Gasteiger partial charge in [-0.25, -0.2) is 8.42 Å². The van der Waals surface area contributed by atoms with Crippen LogP contribution in [0.15, 0.2) is 47.4 Å². The second-order valence-corrected chi connectivity index (χ2v) is 9.50. The molecule has 2 aromatic carbocycles. The van der Waals surface area contributed by atoms with Crippen LogP contribution < -0.4 is 19.5 Å². The zero-order chi connectivity index (χ0) is 22.6. The number of hydrogen-bond acceptors (Lipinski definition) is 6. The second-order valence-electron chi connectivity index (χ2n) is 7.56. The number of rotatable bonds is 6. The molecule has 9 heteroatoms. The van der Waals surface area contributed by atoms with E-state index in [2.05, 4.69) is 5.32 Å². The fourth-order valence-corrected chi connectivity index (χ4v) is 5.30. The van der Waals surface area contributed by atoms with E-state index >= 15 is 0 Å². The average molecular weight is 459 g/mol. The van der Waals surface area contributed by atoms with Crippen LogP contribution >= 0.6 is 0 Å². The number of fused-ring (bicyclic) bond motifs is 1. The third-order valence-corrected chi connectivity index (χ3v) is 7.23. The van der Waals surface area contributed by atoms with Crippen molar-refractivity contribution in [2.45, 2.75) is 24.2 Å². The standard InChI is InChI=1S/C23H26N2O6S/c1-29-20-14-17(15-21-23(20)31-13-12-30-21)8-9-22(26)24-18-6-5-7-19(16-18)32(27,28)25-10-3-2-4-11-25/h5-9,14-16H,2-4,10-13H2,1H3,(H,24,26)/b9-8+. The molecule has 2 heterocycles. The van der Waals surface area contributed by atoms with E-state index in [0.29, 0.717) is 54.8 Å². The van der Waals surface area contributed by atoms with Gasteiger partial charge in [0.15, 0.2) is 11.5 Å². The van der Waals surface area contributed by atoms with Crippen LogP contribution in [0.5, 0.6) is 17.2 Å². The topological polar surface area (TPSA) is 94.2 Å². The van der Waals surface area contributed by atoms with E-state index in [1.165, 1.54) is 16.4 Å². The first-order valence-electron chi connectivity index (χ1n) is 10.5. The van der Waals surface area contributed by atoms with Crippen molar-refractivity contribution >= 4 is 27.7 Å². The fourth-order valence-electron chi connectivity index (χ4n) is 3.73. The number of carbonyl (C=O) groups excluding carboxylic acids is 1. The molecule has 0 saturated carbocycles. The Balaban J connectivity index is 1.47. The molecule has 32 heavy (non-hydrogen) atoms. The highest BCUT2D eigenvalue weighted by molar-refractivity contribution is 7.89.